The second-order valence-electron chi connectivity index (χ2n) is 4.21. The molecule has 1 saturated heterocycles. The molecular weight excluding hydrogens is 200 g/mol. The maximum Gasteiger partial charge on any atom is 0.223 e. The van der Waals surface area contributed by atoms with Crippen molar-refractivity contribution in [3.05, 3.63) is 42.7 Å². The van der Waals surface area contributed by atoms with Crippen LogP contribution in [0.25, 0.3) is 0 Å². The lowest BCUT2D eigenvalue weighted by atomic mass is 10.1. The van der Waals surface area contributed by atoms with E-state index in [1.54, 1.807) is 6.20 Å². The third-order valence-corrected chi connectivity index (χ3v) is 3.16. The van der Waals surface area contributed by atoms with Crippen LogP contribution in [0.3, 0.4) is 0 Å². The Hall–Kier alpha value is -1.64. The number of hydrogen-bond acceptors (Lipinski definition) is 2. The van der Waals surface area contributed by atoms with Gasteiger partial charge in [0.05, 0.1) is 6.04 Å². The van der Waals surface area contributed by atoms with Crippen molar-refractivity contribution in [2.75, 3.05) is 6.54 Å². The maximum absolute atomic E-state index is 11.8. The molecule has 0 bridgehead atoms. The van der Waals surface area contributed by atoms with E-state index in [-0.39, 0.29) is 11.9 Å². The van der Waals surface area contributed by atoms with E-state index in [1.807, 2.05) is 36.2 Å². The fourth-order valence-electron chi connectivity index (χ4n) is 2.10. The third-order valence-electron chi connectivity index (χ3n) is 3.16. The molecule has 1 amide bonds. The Kier molecular flexibility index (Phi) is 3.04. The molecule has 3 nitrogen and oxygen atoms in total. The first-order valence-corrected chi connectivity index (χ1v) is 5.54. The third kappa shape index (κ3) is 1.98. The Bertz CT molecular complexity index is 388. The van der Waals surface area contributed by atoms with Crippen LogP contribution in [-0.2, 0) is 4.79 Å². The number of likely N-dealkylation sites (tertiary alicyclic amines) is 1. The molecule has 0 aromatic carbocycles. The van der Waals surface area contributed by atoms with Gasteiger partial charge in [0.25, 0.3) is 0 Å². The molecule has 0 spiro atoms. The van der Waals surface area contributed by atoms with E-state index in [4.69, 9.17) is 0 Å². The van der Waals surface area contributed by atoms with Gasteiger partial charge in [-0.3, -0.25) is 9.78 Å². The van der Waals surface area contributed by atoms with E-state index in [1.165, 1.54) is 0 Å². The Morgan fingerprint density at radius 2 is 2.50 bits per heavy atom. The SMILES string of the molecule is C=CC1CC(=O)N(C(C)c2cccnc2)C1. The van der Waals surface area contributed by atoms with Crippen LogP contribution in [0.4, 0.5) is 0 Å². The first-order chi connectivity index (χ1) is 7.72. The Morgan fingerprint density at radius 1 is 1.69 bits per heavy atom. The molecule has 1 aliphatic heterocycles. The lowest BCUT2D eigenvalue weighted by Gasteiger charge is -2.24. The van der Waals surface area contributed by atoms with Crippen LogP contribution in [0.15, 0.2) is 37.2 Å². The summed E-state index contributed by atoms with van der Waals surface area (Å²) in [5.74, 6) is 0.507. The summed E-state index contributed by atoms with van der Waals surface area (Å²) in [4.78, 5) is 17.8. The number of amides is 1. The van der Waals surface area contributed by atoms with Crippen LogP contribution in [-0.4, -0.2) is 22.3 Å². The van der Waals surface area contributed by atoms with Gasteiger partial charge in [0.15, 0.2) is 0 Å². The Morgan fingerprint density at radius 3 is 3.06 bits per heavy atom. The topological polar surface area (TPSA) is 33.2 Å². The average molecular weight is 216 g/mol. The van der Waals surface area contributed by atoms with Crippen molar-refractivity contribution in [3.63, 3.8) is 0 Å². The number of hydrogen-bond donors (Lipinski definition) is 0. The molecule has 2 atom stereocenters. The highest BCUT2D eigenvalue weighted by atomic mass is 16.2. The van der Waals surface area contributed by atoms with E-state index in [9.17, 15) is 4.79 Å². The van der Waals surface area contributed by atoms with Gasteiger partial charge in [-0.1, -0.05) is 12.1 Å². The summed E-state index contributed by atoms with van der Waals surface area (Å²) in [5.41, 5.74) is 1.08. The van der Waals surface area contributed by atoms with Gasteiger partial charge in [-0.25, -0.2) is 0 Å². The Balaban J connectivity index is 2.14. The molecule has 1 aliphatic rings. The molecule has 1 aromatic rings. The molecule has 0 saturated carbocycles. The molecule has 2 unspecified atom stereocenters. The van der Waals surface area contributed by atoms with Crippen LogP contribution in [0.1, 0.15) is 24.9 Å². The molecule has 84 valence electrons. The summed E-state index contributed by atoms with van der Waals surface area (Å²) in [6.07, 6.45) is 6.02. The van der Waals surface area contributed by atoms with Gasteiger partial charge in [0.2, 0.25) is 5.91 Å². The molecule has 0 aliphatic carbocycles. The van der Waals surface area contributed by atoms with Crippen molar-refractivity contribution in [1.82, 2.24) is 9.88 Å². The predicted octanol–water partition coefficient (Wildman–Crippen LogP) is 2.18. The standard InChI is InChI=1S/C13H16N2O/c1-3-11-7-13(16)15(9-11)10(2)12-5-4-6-14-8-12/h3-6,8,10-11H,1,7,9H2,2H3. The highest BCUT2D eigenvalue weighted by Gasteiger charge is 2.31. The van der Waals surface area contributed by atoms with E-state index in [0.29, 0.717) is 12.3 Å². The first-order valence-electron chi connectivity index (χ1n) is 5.54. The van der Waals surface area contributed by atoms with E-state index < -0.39 is 0 Å². The van der Waals surface area contributed by atoms with Gasteiger partial charge >= 0.3 is 0 Å². The fourth-order valence-corrected chi connectivity index (χ4v) is 2.10. The smallest absolute Gasteiger partial charge is 0.223 e. The molecule has 0 radical (unpaired) electrons. The molecule has 0 N–H and O–H groups in total. The van der Waals surface area contributed by atoms with Gasteiger partial charge in [-0.05, 0) is 18.6 Å². The Labute approximate surface area is 95.8 Å². The van der Waals surface area contributed by atoms with Crippen molar-refractivity contribution in [1.29, 1.82) is 0 Å². The minimum Gasteiger partial charge on any atom is -0.335 e. The molecular formula is C13H16N2O. The monoisotopic (exact) mass is 216 g/mol. The molecule has 2 rings (SSSR count). The fraction of sp³-hybridized carbons (Fsp3) is 0.385. The number of aromatic nitrogens is 1. The second kappa shape index (κ2) is 4.47. The lowest BCUT2D eigenvalue weighted by molar-refractivity contribution is -0.129. The zero-order valence-electron chi connectivity index (χ0n) is 9.47. The summed E-state index contributed by atoms with van der Waals surface area (Å²) < 4.78 is 0. The first kappa shape index (κ1) is 10.9. The summed E-state index contributed by atoms with van der Waals surface area (Å²) in [6.45, 7) is 6.57. The predicted molar refractivity (Wildman–Crippen MR) is 62.7 cm³/mol. The van der Waals surface area contributed by atoms with Crippen LogP contribution in [0, 0.1) is 5.92 Å². The maximum atomic E-state index is 11.8. The van der Waals surface area contributed by atoms with Gasteiger partial charge < -0.3 is 4.90 Å². The summed E-state index contributed by atoms with van der Waals surface area (Å²) in [7, 11) is 0. The lowest BCUT2D eigenvalue weighted by Crippen LogP contribution is -2.28. The van der Waals surface area contributed by atoms with Crippen molar-refractivity contribution >= 4 is 5.91 Å². The van der Waals surface area contributed by atoms with E-state index in [2.05, 4.69) is 11.6 Å². The van der Waals surface area contributed by atoms with Gasteiger partial charge in [-0.2, -0.15) is 0 Å². The number of rotatable bonds is 3. The molecule has 2 heterocycles. The number of carbonyl (C=O) groups is 1. The summed E-state index contributed by atoms with van der Waals surface area (Å²) in [5, 5.41) is 0. The van der Waals surface area contributed by atoms with E-state index >= 15 is 0 Å². The molecule has 3 heteroatoms. The summed E-state index contributed by atoms with van der Waals surface area (Å²) >= 11 is 0. The van der Waals surface area contributed by atoms with Crippen molar-refractivity contribution < 1.29 is 4.79 Å². The van der Waals surface area contributed by atoms with Gasteiger partial charge in [0.1, 0.15) is 0 Å². The number of carbonyl (C=O) groups excluding carboxylic acids is 1. The zero-order chi connectivity index (χ0) is 11.5. The molecule has 16 heavy (non-hydrogen) atoms. The van der Waals surface area contributed by atoms with Crippen molar-refractivity contribution in [3.8, 4) is 0 Å². The minimum absolute atomic E-state index is 0.103. The van der Waals surface area contributed by atoms with Gasteiger partial charge in [-0.15, -0.1) is 6.58 Å². The van der Waals surface area contributed by atoms with Crippen LogP contribution in [0.5, 0.6) is 0 Å². The molecule has 1 fully saturated rings. The largest absolute Gasteiger partial charge is 0.335 e. The van der Waals surface area contributed by atoms with Crippen LogP contribution in [0.2, 0.25) is 0 Å². The van der Waals surface area contributed by atoms with E-state index in [0.717, 1.165) is 12.1 Å². The summed E-state index contributed by atoms with van der Waals surface area (Å²) in [6, 6.07) is 4.01. The van der Waals surface area contributed by atoms with Crippen molar-refractivity contribution in [2.24, 2.45) is 5.92 Å². The van der Waals surface area contributed by atoms with Gasteiger partial charge in [0, 0.05) is 31.3 Å². The zero-order valence-corrected chi connectivity index (χ0v) is 9.47. The minimum atomic E-state index is 0.103. The quantitative estimate of drug-likeness (QED) is 0.725. The highest BCUT2D eigenvalue weighted by molar-refractivity contribution is 5.79. The van der Waals surface area contributed by atoms with Crippen LogP contribution >= 0.6 is 0 Å². The normalized spacial score (nSPS) is 22.2. The average Bonchev–Trinajstić information content (AvgIpc) is 2.71. The molecule has 1 aromatic heterocycles. The highest BCUT2D eigenvalue weighted by Crippen LogP contribution is 2.28. The second-order valence-corrected chi connectivity index (χ2v) is 4.21. The van der Waals surface area contributed by atoms with Crippen LogP contribution < -0.4 is 0 Å². The number of nitrogens with zero attached hydrogens (tertiary/aromatic N) is 2. The number of pyridine rings is 1. The van der Waals surface area contributed by atoms with Crippen molar-refractivity contribution in [2.45, 2.75) is 19.4 Å².